The van der Waals surface area contributed by atoms with E-state index in [1.807, 2.05) is 37.3 Å². The summed E-state index contributed by atoms with van der Waals surface area (Å²) < 4.78 is 6.19. The van der Waals surface area contributed by atoms with E-state index in [4.69, 9.17) is 9.84 Å². The summed E-state index contributed by atoms with van der Waals surface area (Å²) in [6.45, 7) is 2.24. The highest BCUT2D eigenvalue weighted by Gasteiger charge is 2.31. The number of aliphatic carboxylic acids is 1. The van der Waals surface area contributed by atoms with Crippen molar-refractivity contribution in [2.24, 2.45) is 0 Å². The van der Waals surface area contributed by atoms with Crippen LogP contribution in [0.15, 0.2) is 46.9 Å². The Kier molecular flexibility index (Phi) is 5.42. The average molecular weight is 416 g/mol. The number of amides is 1. The van der Waals surface area contributed by atoms with Gasteiger partial charge in [0.25, 0.3) is 5.91 Å². The molecule has 1 heterocycles. The summed E-state index contributed by atoms with van der Waals surface area (Å²) >= 11 is 3.41. The van der Waals surface area contributed by atoms with Crippen molar-refractivity contribution in [1.29, 1.82) is 0 Å². The SMILES string of the molecule is CCCN1C(=O)/C(=C\c2cc(Br)ccc2OCC(=O)O)c2ccccc21. The highest BCUT2D eigenvalue weighted by Crippen LogP contribution is 2.39. The average Bonchev–Trinajstić information content (AvgIpc) is 2.87. The van der Waals surface area contributed by atoms with Crippen LogP contribution in [0, 0.1) is 0 Å². The molecule has 26 heavy (non-hydrogen) atoms. The zero-order chi connectivity index (χ0) is 18.7. The van der Waals surface area contributed by atoms with Crippen molar-refractivity contribution < 1.29 is 19.4 Å². The summed E-state index contributed by atoms with van der Waals surface area (Å²) in [6, 6.07) is 12.9. The number of carbonyl (C=O) groups is 2. The molecule has 1 amide bonds. The van der Waals surface area contributed by atoms with Gasteiger partial charge in [-0.2, -0.15) is 0 Å². The largest absolute Gasteiger partial charge is 0.481 e. The van der Waals surface area contributed by atoms with E-state index in [0.717, 1.165) is 22.1 Å². The number of hydrogen-bond donors (Lipinski definition) is 1. The number of carbonyl (C=O) groups excluding carboxylic acids is 1. The number of fused-ring (bicyclic) bond motifs is 1. The highest BCUT2D eigenvalue weighted by molar-refractivity contribution is 9.10. The third-order valence-electron chi connectivity index (χ3n) is 4.03. The van der Waals surface area contributed by atoms with Gasteiger partial charge in [-0.25, -0.2) is 4.79 Å². The molecule has 0 unspecified atom stereocenters. The summed E-state index contributed by atoms with van der Waals surface area (Å²) in [4.78, 5) is 25.5. The fourth-order valence-corrected chi connectivity index (χ4v) is 3.33. The Balaban J connectivity index is 2.06. The van der Waals surface area contributed by atoms with Gasteiger partial charge in [0.1, 0.15) is 5.75 Å². The van der Waals surface area contributed by atoms with Crippen LogP contribution in [0.5, 0.6) is 5.75 Å². The van der Waals surface area contributed by atoms with Gasteiger partial charge < -0.3 is 14.7 Å². The van der Waals surface area contributed by atoms with Crippen molar-refractivity contribution in [2.75, 3.05) is 18.1 Å². The minimum Gasteiger partial charge on any atom is -0.481 e. The molecule has 0 atom stereocenters. The lowest BCUT2D eigenvalue weighted by Crippen LogP contribution is -2.26. The van der Waals surface area contributed by atoms with E-state index in [1.165, 1.54) is 0 Å². The van der Waals surface area contributed by atoms with Gasteiger partial charge in [0.15, 0.2) is 6.61 Å². The number of para-hydroxylation sites is 1. The number of benzene rings is 2. The molecule has 0 saturated heterocycles. The normalized spacial score (nSPS) is 14.6. The number of carboxylic acid groups (broad SMARTS) is 1. The molecule has 0 fully saturated rings. The van der Waals surface area contributed by atoms with Crippen LogP contribution in [0.1, 0.15) is 24.5 Å². The molecule has 0 saturated carbocycles. The maximum Gasteiger partial charge on any atom is 0.341 e. The van der Waals surface area contributed by atoms with E-state index < -0.39 is 12.6 Å². The van der Waals surface area contributed by atoms with E-state index in [-0.39, 0.29) is 5.91 Å². The highest BCUT2D eigenvalue weighted by atomic mass is 79.9. The van der Waals surface area contributed by atoms with Gasteiger partial charge in [0, 0.05) is 27.7 Å². The second kappa shape index (κ2) is 7.74. The number of carboxylic acids is 1. The summed E-state index contributed by atoms with van der Waals surface area (Å²) in [5.74, 6) is -0.692. The molecular formula is C20H18BrNO4. The van der Waals surface area contributed by atoms with Gasteiger partial charge >= 0.3 is 5.97 Å². The minimum absolute atomic E-state index is 0.0581. The second-order valence-electron chi connectivity index (χ2n) is 5.90. The van der Waals surface area contributed by atoms with Crippen LogP contribution in [0.4, 0.5) is 5.69 Å². The first-order valence-electron chi connectivity index (χ1n) is 8.28. The zero-order valence-corrected chi connectivity index (χ0v) is 15.8. The third kappa shape index (κ3) is 3.65. The van der Waals surface area contributed by atoms with E-state index in [1.54, 1.807) is 23.1 Å². The third-order valence-corrected chi connectivity index (χ3v) is 4.52. The van der Waals surface area contributed by atoms with Gasteiger partial charge in [-0.3, -0.25) is 4.79 Å². The Morgan fingerprint density at radius 2 is 2.04 bits per heavy atom. The number of ether oxygens (including phenoxy) is 1. The van der Waals surface area contributed by atoms with Gasteiger partial charge in [0.2, 0.25) is 0 Å². The minimum atomic E-state index is -1.05. The lowest BCUT2D eigenvalue weighted by atomic mass is 10.0. The van der Waals surface area contributed by atoms with Gasteiger partial charge in [-0.15, -0.1) is 0 Å². The molecular weight excluding hydrogens is 398 g/mol. The Morgan fingerprint density at radius 3 is 2.77 bits per heavy atom. The molecule has 6 heteroatoms. The molecule has 5 nitrogen and oxygen atoms in total. The molecule has 0 spiro atoms. The van der Waals surface area contributed by atoms with Crippen molar-refractivity contribution in [3.8, 4) is 5.75 Å². The molecule has 2 aromatic carbocycles. The van der Waals surface area contributed by atoms with Crippen molar-refractivity contribution in [3.63, 3.8) is 0 Å². The smallest absolute Gasteiger partial charge is 0.341 e. The Bertz CT molecular complexity index is 891. The van der Waals surface area contributed by atoms with E-state index in [9.17, 15) is 9.59 Å². The molecule has 134 valence electrons. The molecule has 1 N–H and O–H groups in total. The molecule has 1 aliphatic rings. The Morgan fingerprint density at radius 1 is 1.27 bits per heavy atom. The van der Waals surface area contributed by atoms with Crippen LogP contribution < -0.4 is 9.64 Å². The first kappa shape index (κ1) is 18.2. The van der Waals surface area contributed by atoms with Crippen molar-refractivity contribution in [2.45, 2.75) is 13.3 Å². The van der Waals surface area contributed by atoms with E-state index in [0.29, 0.717) is 23.4 Å². The van der Waals surface area contributed by atoms with Crippen LogP contribution >= 0.6 is 15.9 Å². The zero-order valence-electron chi connectivity index (χ0n) is 14.2. The molecule has 1 aliphatic heterocycles. The second-order valence-corrected chi connectivity index (χ2v) is 6.81. The van der Waals surface area contributed by atoms with E-state index in [2.05, 4.69) is 15.9 Å². The van der Waals surface area contributed by atoms with Gasteiger partial charge in [-0.1, -0.05) is 41.1 Å². The molecule has 0 aliphatic carbocycles. The monoisotopic (exact) mass is 415 g/mol. The van der Waals surface area contributed by atoms with Gasteiger partial charge in [-0.05, 0) is 36.8 Å². The van der Waals surface area contributed by atoms with Crippen molar-refractivity contribution >= 4 is 45.1 Å². The standard InChI is InChI=1S/C20H18BrNO4/c1-2-9-22-17-6-4-3-5-15(17)16(20(22)25)11-13-10-14(21)7-8-18(13)26-12-19(23)24/h3-8,10-11H,2,9,12H2,1H3,(H,23,24)/b16-11-. The Labute approximate surface area is 160 Å². The number of anilines is 1. The first-order chi connectivity index (χ1) is 12.5. The van der Waals surface area contributed by atoms with Crippen LogP contribution in [0.3, 0.4) is 0 Å². The summed E-state index contributed by atoms with van der Waals surface area (Å²) in [7, 11) is 0. The molecule has 3 rings (SSSR count). The fourth-order valence-electron chi connectivity index (χ4n) is 2.95. The summed E-state index contributed by atoms with van der Waals surface area (Å²) in [5, 5.41) is 8.86. The molecule has 0 radical (unpaired) electrons. The number of nitrogens with zero attached hydrogens (tertiary/aromatic N) is 1. The molecule has 2 aromatic rings. The molecule has 0 aromatic heterocycles. The lowest BCUT2D eigenvalue weighted by Gasteiger charge is -2.15. The maximum atomic E-state index is 12.9. The summed E-state index contributed by atoms with van der Waals surface area (Å²) in [5.41, 5.74) is 2.99. The van der Waals surface area contributed by atoms with Crippen LogP contribution in [-0.4, -0.2) is 30.1 Å². The first-order valence-corrected chi connectivity index (χ1v) is 9.07. The van der Waals surface area contributed by atoms with Crippen LogP contribution in [-0.2, 0) is 9.59 Å². The lowest BCUT2D eigenvalue weighted by molar-refractivity contribution is -0.139. The van der Waals surface area contributed by atoms with Crippen LogP contribution in [0.2, 0.25) is 0 Å². The molecule has 0 bridgehead atoms. The summed E-state index contributed by atoms with van der Waals surface area (Å²) in [6.07, 6.45) is 2.62. The van der Waals surface area contributed by atoms with Crippen molar-refractivity contribution in [1.82, 2.24) is 0 Å². The maximum absolute atomic E-state index is 12.9. The number of halogens is 1. The quantitative estimate of drug-likeness (QED) is 0.717. The van der Waals surface area contributed by atoms with Gasteiger partial charge in [0.05, 0.1) is 5.69 Å². The fraction of sp³-hybridized carbons (Fsp3) is 0.200. The van der Waals surface area contributed by atoms with E-state index >= 15 is 0 Å². The number of rotatable bonds is 6. The predicted octanol–water partition coefficient (Wildman–Crippen LogP) is 4.21. The number of hydrogen-bond acceptors (Lipinski definition) is 3. The predicted molar refractivity (Wildman–Crippen MR) is 104 cm³/mol. The topological polar surface area (TPSA) is 66.8 Å². The van der Waals surface area contributed by atoms with Crippen LogP contribution in [0.25, 0.3) is 11.6 Å². The Hall–Kier alpha value is -2.60. The van der Waals surface area contributed by atoms with Crippen molar-refractivity contribution in [3.05, 3.63) is 58.1 Å².